The summed E-state index contributed by atoms with van der Waals surface area (Å²) in [4.78, 5) is 138. The Bertz CT molecular complexity index is 2260. The van der Waals surface area contributed by atoms with E-state index in [2.05, 4.69) is 57.1 Å². The second-order valence-corrected chi connectivity index (χ2v) is 30.4. The van der Waals surface area contributed by atoms with Gasteiger partial charge in [0, 0.05) is 131 Å². The standard InChI is InChI=1S/C19H37N3O2S2.C15H21NO2.C14H16N2O8S2.C7H15N.C6H10O4S2.C2H6.CH3.Pd/c1-3-17-14-16(2)15-22(17)19(24)9-13-26-25-12-8-18(23)21-11-7-5-4-6-10-20;1-3-14-9-12(2)10-16(14)15(17)18-11-13-7-5-4-6-8-13;17-9-1-2-10(18)15(9)23-13(21)5-7-25-26-8-6-14(22)24-16-11(19)3-4-12(16)20;1-3-7-4-6(2)5-8-7;7-5(8)1-3-11-12-4-2-6(9)10;1-2;;/h16-17H,3-15,20H2,1-2H3,(H,21,23);4-8,12,14H,3,9-11H2,1-2H3;1-8H2;6-8H,3-5H2,1-2H3;1-4H2,(H,7,8)(H,9,10);1-2H3;1H3;/q;;;;;;-1;/t16-,17-;12-,14-;;6-,7-;;;;/m11.1..../s1. The molecule has 5 aliphatic heterocycles. The summed E-state index contributed by atoms with van der Waals surface area (Å²) in [5.74, 6) is 0.826. The van der Waals surface area contributed by atoms with Crippen molar-refractivity contribution in [3.63, 3.8) is 0 Å². The number of carbonyl (C=O) groups is 11. The first-order valence-electron chi connectivity index (χ1n) is 32.4. The second kappa shape index (κ2) is 57.2. The van der Waals surface area contributed by atoms with Crippen LogP contribution in [0.1, 0.15) is 189 Å². The molecule has 6 rings (SSSR count). The number of carbonyl (C=O) groups excluding carboxylic acids is 9. The maximum atomic E-state index is 12.3. The molecular formula is C64H108N7O16PdS6-. The van der Waals surface area contributed by atoms with Crippen molar-refractivity contribution in [3.8, 4) is 0 Å². The van der Waals surface area contributed by atoms with E-state index in [1.54, 1.807) is 21.6 Å². The zero-order chi connectivity index (χ0) is 68.6. The molecule has 0 radical (unpaired) electrons. The van der Waals surface area contributed by atoms with Crippen LogP contribution in [0, 0.1) is 25.2 Å². The van der Waals surface area contributed by atoms with Gasteiger partial charge in [-0.3, -0.25) is 38.4 Å². The van der Waals surface area contributed by atoms with Crippen molar-refractivity contribution in [2.45, 2.75) is 209 Å². The van der Waals surface area contributed by atoms with Crippen LogP contribution in [0.2, 0.25) is 0 Å². The number of aliphatic carboxylic acids is 2. The molecule has 5 fully saturated rings. The molecule has 6 N–H and O–H groups in total. The topological polar surface area (TPSA) is 319 Å². The van der Waals surface area contributed by atoms with Gasteiger partial charge in [0.05, 0.1) is 25.7 Å². The van der Waals surface area contributed by atoms with Crippen LogP contribution in [0.3, 0.4) is 0 Å². The fourth-order valence-electron chi connectivity index (χ4n) is 9.56. The molecule has 0 saturated carbocycles. The average molecular weight is 1530 g/mol. The van der Waals surface area contributed by atoms with Crippen molar-refractivity contribution < 1.29 is 97.8 Å². The zero-order valence-corrected chi connectivity index (χ0v) is 63.2. The van der Waals surface area contributed by atoms with Crippen LogP contribution in [0.4, 0.5) is 4.79 Å². The molecule has 5 saturated heterocycles. The Labute approximate surface area is 596 Å². The van der Waals surface area contributed by atoms with E-state index < -0.39 is 47.5 Å². The molecule has 542 valence electrons. The number of nitrogens with one attached hydrogen (secondary N) is 2. The molecule has 0 aromatic heterocycles. The molecule has 5 aliphatic rings. The van der Waals surface area contributed by atoms with Crippen molar-refractivity contribution in [1.29, 1.82) is 0 Å². The second-order valence-electron chi connectivity index (χ2n) is 22.3. The Balaban J connectivity index is 0. The average Bonchev–Trinajstić information content (AvgIpc) is 1.76. The molecule has 23 nitrogen and oxygen atoms in total. The van der Waals surface area contributed by atoms with Crippen LogP contribution in [0.5, 0.6) is 0 Å². The van der Waals surface area contributed by atoms with E-state index in [-0.39, 0.29) is 91.2 Å². The fourth-order valence-corrected chi connectivity index (χ4v) is 15.4. The first-order chi connectivity index (χ1) is 44.1. The van der Waals surface area contributed by atoms with E-state index >= 15 is 0 Å². The molecule has 5 heterocycles. The quantitative estimate of drug-likeness (QED) is 0.0141. The number of nitrogens with two attached hydrogens (primary N) is 1. The number of rotatable bonds is 34. The number of carboxylic acid groups (broad SMARTS) is 2. The number of hydrogen-bond acceptors (Lipinski definition) is 22. The third-order valence-corrected chi connectivity index (χ3v) is 21.6. The number of carboxylic acids is 2. The molecule has 0 spiro atoms. The van der Waals surface area contributed by atoms with Crippen LogP contribution >= 0.6 is 64.8 Å². The van der Waals surface area contributed by atoms with E-state index in [0.29, 0.717) is 82.4 Å². The third-order valence-electron chi connectivity index (χ3n) is 14.4. The number of benzene rings is 1. The van der Waals surface area contributed by atoms with Crippen LogP contribution in [-0.4, -0.2) is 181 Å². The first-order valence-corrected chi connectivity index (χ1v) is 39.9. The number of nitrogens with zero attached hydrogens (tertiary/aromatic N) is 4. The summed E-state index contributed by atoms with van der Waals surface area (Å²) in [6.45, 7) is 22.1. The Morgan fingerprint density at radius 2 is 1.00 bits per heavy atom. The Kier molecular flexibility index (Phi) is 56.2. The molecule has 0 aliphatic carbocycles. The number of hydrogen-bond donors (Lipinski definition) is 5. The fraction of sp³-hybridized carbons (Fsp3) is 0.719. The van der Waals surface area contributed by atoms with Gasteiger partial charge >= 0.3 is 30.0 Å². The summed E-state index contributed by atoms with van der Waals surface area (Å²) < 4.78 is 5.38. The predicted molar refractivity (Wildman–Crippen MR) is 377 cm³/mol. The third kappa shape index (κ3) is 42.8. The molecule has 30 heteroatoms. The number of imide groups is 2. The first kappa shape index (κ1) is 92.3. The van der Waals surface area contributed by atoms with Crippen LogP contribution in [0.15, 0.2) is 30.3 Å². The monoisotopic (exact) mass is 1530 g/mol. The van der Waals surface area contributed by atoms with Crippen LogP contribution < -0.4 is 16.4 Å². The van der Waals surface area contributed by atoms with Gasteiger partial charge in [-0.05, 0) is 87.8 Å². The SMILES string of the molecule is CC.CC[C@@H]1C[C@@H](C)CN1.CC[C@@H]1C[C@@H](C)CN1C(=O)CCSSCCC(=O)NCCCCCCN.CC[C@@H]1C[C@@H](C)CN1C(=O)OCc1ccccc1.O=C(CCSSCCC(=O)ON1C(=O)CCC1=O)ON1C(=O)CCC1=O.O=C(O)CCSSCCC(=O)O.[CH3-].[Pd]. The van der Waals surface area contributed by atoms with Crippen molar-refractivity contribution in [2.75, 3.05) is 67.2 Å². The maximum Gasteiger partial charge on any atom is 0.410 e. The minimum absolute atomic E-state index is 0. The van der Waals surface area contributed by atoms with Crippen molar-refractivity contribution in [2.24, 2.45) is 23.5 Å². The Morgan fingerprint density at radius 1 is 0.574 bits per heavy atom. The number of unbranched alkanes of at least 4 members (excludes halogenated alkanes) is 3. The normalized spacial score (nSPS) is 19.2. The van der Waals surface area contributed by atoms with Crippen molar-refractivity contribution in [1.82, 2.24) is 30.6 Å². The van der Waals surface area contributed by atoms with E-state index in [1.165, 1.54) is 62.6 Å². The van der Waals surface area contributed by atoms with E-state index in [4.69, 9.17) is 30.4 Å². The molecule has 1 aromatic carbocycles. The number of hydroxylamine groups is 4. The van der Waals surface area contributed by atoms with Gasteiger partial charge in [0.1, 0.15) is 6.61 Å². The Morgan fingerprint density at radius 3 is 1.41 bits per heavy atom. The van der Waals surface area contributed by atoms with Crippen molar-refractivity contribution >= 4 is 130 Å². The van der Waals surface area contributed by atoms with Gasteiger partial charge in [0.15, 0.2) is 0 Å². The molecule has 6 atom stereocenters. The molecule has 0 bridgehead atoms. The van der Waals surface area contributed by atoms with Gasteiger partial charge in [-0.15, -0.1) is 10.1 Å². The summed E-state index contributed by atoms with van der Waals surface area (Å²) in [6, 6.07) is 11.4. The molecule has 94 heavy (non-hydrogen) atoms. The largest absolute Gasteiger partial charge is 0.481 e. The Hall–Kier alpha value is -3.73. The van der Waals surface area contributed by atoms with Gasteiger partial charge in [0.2, 0.25) is 11.8 Å². The summed E-state index contributed by atoms with van der Waals surface area (Å²) in [5.41, 5.74) is 6.49. The summed E-state index contributed by atoms with van der Waals surface area (Å²) in [5, 5.41) is 23.9. The predicted octanol–water partition coefficient (Wildman–Crippen LogP) is 11.4. The van der Waals surface area contributed by atoms with Gasteiger partial charge in [-0.2, -0.15) is 0 Å². The van der Waals surface area contributed by atoms with Crippen LogP contribution in [-0.2, 0) is 89.4 Å². The minimum atomic E-state index is -0.818. The summed E-state index contributed by atoms with van der Waals surface area (Å²) in [6.07, 6.45) is 12.8. The number of ether oxygens (including phenoxy) is 1. The smallest absolute Gasteiger partial charge is 0.410 e. The molecule has 7 amide bonds. The van der Waals surface area contributed by atoms with E-state index in [1.807, 2.05) is 49.1 Å². The maximum absolute atomic E-state index is 12.3. The summed E-state index contributed by atoms with van der Waals surface area (Å²) in [7, 11) is 8.79. The number of amides is 7. The summed E-state index contributed by atoms with van der Waals surface area (Å²) >= 11 is 0. The van der Waals surface area contributed by atoms with Crippen molar-refractivity contribution in [3.05, 3.63) is 43.3 Å². The van der Waals surface area contributed by atoms with Crippen LogP contribution in [0.25, 0.3) is 0 Å². The molecule has 1 aromatic rings. The zero-order valence-electron chi connectivity index (χ0n) is 56.7. The molecular weight excluding hydrogens is 1420 g/mol. The van der Waals surface area contributed by atoms with Gasteiger partial charge in [-0.25, -0.2) is 14.4 Å². The van der Waals surface area contributed by atoms with Gasteiger partial charge in [0.25, 0.3) is 23.6 Å². The molecule has 0 unspecified atom stereocenters. The van der Waals surface area contributed by atoms with E-state index in [9.17, 15) is 52.7 Å². The number of likely N-dealkylation sites (tertiary alicyclic amines) is 2. The van der Waals surface area contributed by atoms with E-state index in [0.717, 1.165) is 107 Å². The minimum Gasteiger partial charge on any atom is -0.481 e. The van der Waals surface area contributed by atoms with Gasteiger partial charge < -0.3 is 58.2 Å². The van der Waals surface area contributed by atoms with Gasteiger partial charge in [-0.1, -0.05) is 163 Å².